The predicted octanol–water partition coefficient (Wildman–Crippen LogP) is 3.59. The lowest BCUT2D eigenvalue weighted by molar-refractivity contribution is 0.524. The van der Waals surface area contributed by atoms with Gasteiger partial charge in [-0.3, -0.25) is 0 Å². The van der Waals surface area contributed by atoms with Gasteiger partial charge in [-0.05, 0) is 62.4 Å². The zero-order valence-electron chi connectivity index (χ0n) is 11.3. The molecule has 96 valence electrons. The van der Waals surface area contributed by atoms with Gasteiger partial charge in [0.15, 0.2) is 0 Å². The minimum Gasteiger partial charge on any atom is -0.459 e. The zero-order valence-corrected chi connectivity index (χ0v) is 11.3. The number of benzene rings is 1. The van der Waals surface area contributed by atoms with E-state index < -0.39 is 0 Å². The molecule has 0 saturated heterocycles. The molecule has 0 radical (unpaired) electrons. The van der Waals surface area contributed by atoms with E-state index in [9.17, 15) is 0 Å². The van der Waals surface area contributed by atoms with Crippen molar-refractivity contribution in [3.8, 4) is 0 Å². The minimum absolute atomic E-state index is 0.822. The summed E-state index contributed by atoms with van der Waals surface area (Å²) in [7, 11) is 1.97. The predicted molar refractivity (Wildman–Crippen MR) is 75.0 cm³/mol. The second-order valence-electron chi connectivity index (χ2n) is 5.21. The molecule has 1 heterocycles. The molecule has 18 heavy (non-hydrogen) atoms. The minimum atomic E-state index is 0.822. The van der Waals surface area contributed by atoms with Gasteiger partial charge in [0.1, 0.15) is 11.3 Å². The monoisotopic (exact) mass is 243 g/mol. The summed E-state index contributed by atoms with van der Waals surface area (Å²) in [6.07, 6.45) is 6.16. The van der Waals surface area contributed by atoms with Crippen LogP contribution in [0.3, 0.4) is 0 Å². The lowest BCUT2D eigenvalue weighted by Crippen LogP contribution is -2.05. The molecule has 0 unspecified atom stereocenters. The molecule has 1 aromatic heterocycles. The fourth-order valence-corrected chi connectivity index (χ4v) is 3.12. The fourth-order valence-electron chi connectivity index (χ4n) is 3.12. The number of hydrogen-bond acceptors (Lipinski definition) is 2. The van der Waals surface area contributed by atoms with Crippen molar-refractivity contribution in [1.82, 2.24) is 5.32 Å². The van der Waals surface area contributed by atoms with Gasteiger partial charge in [-0.25, -0.2) is 0 Å². The van der Waals surface area contributed by atoms with Crippen molar-refractivity contribution in [2.45, 2.75) is 45.6 Å². The number of aryl methyl sites for hydroxylation is 3. The Morgan fingerprint density at radius 3 is 2.56 bits per heavy atom. The van der Waals surface area contributed by atoms with Gasteiger partial charge in [-0.2, -0.15) is 0 Å². The second kappa shape index (κ2) is 4.77. The van der Waals surface area contributed by atoms with Gasteiger partial charge >= 0.3 is 0 Å². The highest BCUT2D eigenvalue weighted by atomic mass is 16.3. The molecule has 0 spiro atoms. The summed E-state index contributed by atoms with van der Waals surface area (Å²) in [5.41, 5.74) is 5.51. The lowest BCUT2D eigenvalue weighted by Gasteiger charge is -2.15. The third-order valence-electron chi connectivity index (χ3n) is 4.03. The third-order valence-corrected chi connectivity index (χ3v) is 4.03. The van der Waals surface area contributed by atoms with Gasteiger partial charge in [0.25, 0.3) is 0 Å². The molecule has 0 bridgehead atoms. The van der Waals surface area contributed by atoms with Crippen LogP contribution in [0.4, 0.5) is 0 Å². The van der Waals surface area contributed by atoms with Gasteiger partial charge in [0, 0.05) is 10.9 Å². The third kappa shape index (κ3) is 1.85. The Labute approximate surface area is 108 Å². The maximum atomic E-state index is 6.03. The Morgan fingerprint density at radius 1 is 1.17 bits per heavy atom. The fraction of sp³-hybridized carbons (Fsp3) is 0.500. The summed E-state index contributed by atoms with van der Waals surface area (Å²) in [6, 6.07) is 4.66. The van der Waals surface area contributed by atoms with Crippen molar-refractivity contribution in [2.24, 2.45) is 0 Å². The Kier molecular flexibility index (Phi) is 3.13. The quantitative estimate of drug-likeness (QED) is 0.891. The van der Waals surface area contributed by atoms with Crippen molar-refractivity contribution in [3.63, 3.8) is 0 Å². The maximum Gasteiger partial charge on any atom is 0.134 e. The summed E-state index contributed by atoms with van der Waals surface area (Å²) >= 11 is 0. The number of fused-ring (bicyclic) bond motifs is 2. The Hall–Kier alpha value is -1.28. The SMILES string of the molecule is CCc1c(CNC)oc2cc3c(cc12)CCCC3. The molecule has 1 aromatic carbocycles. The lowest BCUT2D eigenvalue weighted by atomic mass is 9.90. The normalized spacial score (nSPS) is 15.0. The van der Waals surface area contributed by atoms with Crippen LogP contribution in [0.2, 0.25) is 0 Å². The number of furan rings is 1. The van der Waals surface area contributed by atoms with Crippen LogP contribution in [0.1, 0.15) is 42.2 Å². The van der Waals surface area contributed by atoms with Crippen LogP contribution in [0.5, 0.6) is 0 Å². The summed E-state index contributed by atoms with van der Waals surface area (Å²) in [4.78, 5) is 0. The standard InChI is InChI=1S/C16H21NO/c1-3-13-14-8-11-6-4-5-7-12(11)9-15(14)18-16(13)10-17-2/h8-9,17H,3-7,10H2,1-2H3. The van der Waals surface area contributed by atoms with Crippen molar-refractivity contribution in [3.05, 3.63) is 34.6 Å². The first kappa shape index (κ1) is 11.8. The van der Waals surface area contributed by atoms with E-state index >= 15 is 0 Å². The molecule has 1 aliphatic carbocycles. The van der Waals surface area contributed by atoms with Crippen LogP contribution < -0.4 is 5.32 Å². The van der Waals surface area contributed by atoms with Gasteiger partial charge in [0.05, 0.1) is 6.54 Å². The average molecular weight is 243 g/mol. The number of nitrogens with one attached hydrogen (secondary N) is 1. The smallest absolute Gasteiger partial charge is 0.134 e. The molecule has 0 atom stereocenters. The Morgan fingerprint density at radius 2 is 1.89 bits per heavy atom. The van der Waals surface area contributed by atoms with E-state index in [1.807, 2.05) is 7.05 Å². The van der Waals surface area contributed by atoms with E-state index in [1.165, 1.54) is 42.2 Å². The molecule has 2 nitrogen and oxygen atoms in total. The average Bonchev–Trinajstić information content (AvgIpc) is 2.72. The van der Waals surface area contributed by atoms with Crippen LogP contribution in [-0.4, -0.2) is 7.05 Å². The first-order valence-corrected chi connectivity index (χ1v) is 7.04. The highest BCUT2D eigenvalue weighted by Crippen LogP contribution is 2.32. The zero-order chi connectivity index (χ0) is 12.5. The van der Waals surface area contributed by atoms with Gasteiger partial charge in [0.2, 0.25) is 0 Å². The van der Waals surface area contributed by atoms with Crippen LogP contribution in [0.15, 0.2) is 16.5 Å². The van der Waals surface area contributed by atoms with Crippen molar-refractivity contribution in [2.75, 3.05) is 7.05 Å². The highest BCUT2D eigenvalue weighted by molar-refractivity contribution is 5.84. The number of rotatable bonds is 3. The summed E-state index contributed by atoms with van der Waals surface area (Å²) in [6.45, 7) is 3.03. The van der Waals surface area contributed by atoms with E-state index in [4.69, 9.17) is 4.42 Å². The topological polar surface area (TPSA) is 25.2 Å². The molecule has 0 amide bonds. The van der Waals surface area contributed by atoms with E-state index in [0.29, 0.717) is 0 Å². The Balaban J connectivity index is 2.17. The summed E-state index contributed by atoms with van der Waals surface area (Å²) in [5, 5.41) is 4.53. The Bertz CT molecular complexity index is 568. The largest absolute Gasteiger partial charge is 0.459 e. The van der Waals surface area contributed by atoms with Crippen LogP contribution in [0.25, 0.3) is 11.0 Å². The highest BCUT2D eigenvalue weighted by Gasteiger charge is 2.16. The molecule has 0 fully saturated rings. The molecular formula is C16H21NO. The first-order valence-electron chi connectivity index (χ1n) is 7.04. The van der Waals surface area contributed by atoms with Crippen LogP contribution in [-0.2, 0) is 25.8 Å². The van der Waals surface area contributed by atoms with Crippen molar-refractivity contribution in [1.29, 1.82) is 0 Å². The molecule has 2 aromatic rings. The summed E-state index contributed by atoms with van der Waals surface area (Å²) in [5.74, 6) is 1.11. The van der Waals surface area contributed by atoms with Gasteiger partial charge in [-0.1, -0.05) is 6.92 Å². The van der Waals surface area contributed by atoms with Crippen LogP contribution in [0, 0.1) is 0 Å². The maximum absolute atomic E-state index is 6.03. The van der Waals surface area contributed by atoms with Crippen LogP contribution >= 0.6 is 0 Å². The molecule has 0 aliphatic heterocycles. The molecule has 3 rings (SSSR count). The van der Waals surface area contributed by atoms with Crippen molar-refractivity contribution >= 4 is 11.0 Å². The molecule has 0 saturated carbocycles. The van der Waals surface area contributed by atoms with E-state index in [1.54, 1.807) is 5.56 Å². The molecule has 1 aliphatic rings. The van der Waals surface area contributed by atoms with Gasteiger partial charge in [-0.15, -0.1) is 0 Å². The van der Waals surface area contributed by atoms with E-state index in [-0.39, 0.29) is 0 Å². The van der Waals surface area contributed by atoms with E-state index in [2.05, 4.69) is 24.4 Å². The van der Waals surface area contributed by atoms with Crippen molar-refractivity contribution < 1.29 is 4.42 Å². The second-order valence-corrected chi connectivity index (χ2v) is 5.21. The first-order chi connectivity index (χ1) is 8.83. The molecule has 2 heteroatoms. The number of hydrogen-bond donors (Lipinski definition) is 1. The molecule has 1 N–H and O–H groups in total. The van der Waals surface area contributed by atoms with E-state index in [0.717, 1.165) is 24.3 Å². The molecular weight excluding hydrogens is 222 g/mol. The van der Waals surface area contributed by atoms with Gasteiger partial charge < -0.3 is 9.73 Å². The summed E-state index contributed by atoms with van der Waals surface area (Å²) < 4.78 is 6.03.